The van der Waals surface area contributed by atoms with Crippen LogP contribution in [0, 0.1) is 5.92 Å². The third kappa shape index (κ3) is 2.72. The van der Waals surface area contributed by atoms with E-state index in [9.17, 15) is 13.2 Å². The van der Waals surface area contributed by atoms with Crippen LogP contribution >= 0.6 is 0 Å². The molecular weight excluding hydrogens is 245 g/mol. The Morgan fingerprint density at radius 1 is 1.44 bits per heavy atom. The second-order valence-electron chi connectivity index (χ2n) is 4.78. The van der Waals surface area contributed by atoms with Gasteiger partial charge in [0.25, 0.3) is 0 Å². The average Bonchev–Trinajstić information content (AvgIpc) is 3.12. The summed E-state index contributed by atoms with van der Waals surface area (Å²) in [6, 6.07) is 0.849. The third-order valence-corrected chi connectivity index (χ3v) is 3.25. The van der Waals surface area contributed by atoms with Crippen LogP contribution in [0.1, 0.15) is 25.5 Å². The molecular formula is C11H15F3N4. The van der Waals surface area contributed by atoms with Crippen molar-refractivity contribution in [2.75, 3.05) is 11.9 Å². The van der Waals surface area contributed by atoms with Gasteiger partial charge in [-0.15, -0.1) is 0 Å². The highest BCUT2D eigenvalue weighted by Crippen LogP contribution is 2.40. The van der Waals surface area contributed by atoms with Gasteiger partial charge in [-0.25, -0.2) is 9.97 Å². The average molecular weight is 260 g/mol. The van der Waals surface area contributed by atoms with Gasteiger partial charge < -0.3 is 11.1 Å². The van der Waals surface area contributed by atoms with Crippen molar-refractivity contribution in [3.05, 3.63) is 18.0 Å². The molecule has 0 aromatic carbocycles. The summed E-state index contributed by atoms with van der Waals surface area (Å²) in [5.41, 5.74) is 4.29. The van der Waals surface area contributed by atoms with E-state index in [1.807, 2.05) is 6.92 Å². The van der Waals surface area contributed by atoms with Gasteiger partial charge in [-0.2, -0.15) is 13.2 Å². The van der Waals surface area contributed by atoms with E-state index in [0.29, 0.717) is 12.5 Å². The Morgan fingerprint density at radius 2 is 2.11 bits per heavy atom. The van der Waals surface area contributed by atoms with Gasteiger partial charge in [-0.3, -0.25) is 0 Å². The maximum absolute atomic E-state index is 12.5. The summed E-state index contributed by atoms with van der Waals surface area (Å²) >= 11 is 0. The van der Waals surface area contributed by atoms with Gasteiger partial charge in [0, 0.05) is 12.7 Å². The SMILES string of the molecule is CC(CN)(Nc1nccc(C(F)(F)F)n1)C1CC1. The second-order valence-corrected chi connectivity index (χ2v) is 4.78. The lowest BCUT2D eigenvalue weighted by molar-refractivity contribution is -0.141. The predicted octanol–water partition coefficient (Wildman–Crippen LogP) is 2.03. The molecule has 1 unspecified atom stereocenters. The fourth-order valence-electron chi connectivity index (χ4n) is 1.87. The Balaban J connectivity index is 2.19. The maximum Gasteiger partial charge on any atom is 0.433 e. The second kappa shape index (κ2) is 4.38. The van der Waals surface area contributed by atoms with Crippen LogP contribution in [0.3, 0.4) is 0 Å². The first kappa shape index (κ1) is 13.1. The predicted molar refractivity (Wildman–Crippen MR) is 60.8 cm³/mol. The summed E-state index contributed by atoms with van der Waals surface area (Å²) < 4.78 is 37.5. The summed E-state index contributed by atoms with van der Waals surface area (Å²) in [5, 5.41) is 2.93. The number of nitrogens with zero attached hydrogens (tertiary/aromatic N) is 2. The topological polar surface area (TPSA) is 63.8 Å². The molecule has 7 heteroatoms. The molecule has 0 saturated heterocycles. The minimum atomic E-state index is -4.46. The number of nitrogens with two attached hydrogens (primary N) is 1. The molecule has 1 aliphatic carbocycles. The van der Waals surface area contributed by atoms with E-state index in [-0.39, 0.29) is 5.95 Å². The van der Waals surface area contributed by atoms with Crippen LogP contribution in [0.4, 0.5) is 19.1 Å². The van der Waals surface area contributed by atoms with Crippen molar-refractivity contribution in [1.29, 1.82) is 0 Å². The Bertz CT molecular complexity index is 431. The number of anilines is 1. The Hall–Kier alpha value is -1.37. The zero-order chi connectivity index (χ0) is 13.4. The first-order valence-electron chi connectivity index (χ1n) is 5.73. The Labute approximate surface area is 103 Å². The summed E-state index contributed by atoms with van der Waals surface area (Å²) in [5.74, 6) is 0.352. The number of halogens is 3. The monoisotopic (exact) mass is 260 g/mol. The van der Waals surface area contributed by atoms with Gasteiger partial charge in [-0.05, 0) is 31.7 Å². The van der Waals surface area contributed by atoms with Crippen LogP contribution in [0.2, 0.25) is 0 Å². The lowest BCUT2D eigenvalue weighted by Crippen LogP contribution is -2.45. The largest absolute Gasteiger partial charge is 0.433 e. The Kier molecular flexibility index (Phi) is 3.18. The molecule has 0 aliphatic heterocycles. The van der Waals surface area contributed by atoms with Crippen molar-refractivity contribution in [3.63, 3.8) is 0 Å². The molecule has 1 aliphatic rings. The molecule has 3 N–H and O–H groups in total. The van der Waals surface area contributed by atoms with Crippen LogP contribution in [0.15, 0.2) is 12.3 Å². The number of aromatic nitrogens is 2. The molecule has 0 bridgehead atoms. The summed E-state index contributed by atoms with van der Waals surface area (Å²) in [7, 11) is 0. The molecule has 1 aromatic rings. The first-order chi connectivity index (χ1) is 8.35. The van der Waals surface area contributed by atoms with Crippen molar-refractivity contribution < 1.29 is 13.2 Å². The number of alkyl halides is 3. The van der Waals surface area contributed by atoms with Gasteiger partial charge >= 0.3 is 6.18 Å². The lowest BCUT2D eigenvalue weighted by Gasteiger charge is -2.29. The van der Waals surface area contributed by atoms with Gasteiger partial charge in [0.1, 0.15) is 5.69 Å². The zero-order valence-corrected chi connectivity index (χ0v) is 9.96. The van der Waals surface area contributed by atoms with Gasteiger partial charge in [0.05, 0.1) is 5.54 Å². The van der Waals surface area contributed by atoms with E-state index in [4.69, 9.17) is 5.73 Å². The van der Waals surface area contributed by atoms with Crippen LogP contribution in [-0.4, -0.2) is 22.1 Å². The van der Waals surface area contributed by atoms with E-state index < -0.39 is 17.4 Å². The van der Waals surface area contributed by atoms with Gasteiger partial charge in [-0.1, -0.05) is 0 Å². The molecule has 2 rings (SSSR count). The molecule has 18 heavy (non-hydrogen) atoms. The van der Waals surface area contributed by atoms with Crippen LogP contribution in [-0.2, 0) is 6.18 Å². The zero-order valence-electron chi connectivity index (χ0n) is 9.96. The molecule has 0 radical (unpaired) electrons. The highest BCUT2D eigenvalue weighted by Gasteiger charge is 2.41. The van der Waals surface area contributed by atoms with Crippen molar-refractivity contribution in [2.24, 2.45) is 11.7 Å². The van der Waals surface area contributed by atoms with Crippen molar-refractivity contribution in [1.82, 2.24) is 9.97 Å². The number of rotatable bonds is 4. The van der Waals surface area contributed by atoms with E-state index in [0.717, 1.165) is 25.1 Å². The van der Waals surface area contributed by atoms with E-state index in [2.05, 4.69) is 15.3 Å². The highest BCUT2D eigenvalue weighted by molar-refractivity contribution is 5.32. The van der Waals surface area contributed by atoms with Crippen LogP contribution < -0.4 is 11.1 Å². The quantitative estimate of drug-likeness (QED) is 0.869. The number of hydrogen-bond donors (Lipinski definition) is 2. The van der Waals surface area contributed by atoms with E-state index in [1.54, 1.807) is 0 Å². The van der Waals surface area contributed by atoms with E-state index in [1.165, 1.54) is 0 Å². The molecule has 0 amide bonds. The molecule has 1 fully saturated rings. The van der Waals surface area contributed by atoms with Gasteiger partial charge in [0.2, 0.25) is 5.95 Å². The first-order valence-corrected chi connectivity index (χ1v) is 5.73. The van der Waals surface area contributed by atoms with Gasteiger partial charge in [0.15, 0.2) is 0 Å². The van der Waals surface area contributed by atoms with Crippen molar-refractivity contribution in [2.45, 2.75) is 31.5 Å². The van der Waals surface area contributed by atoms with Crippen molar-refractivity contribution in [3.8, 4) is 0 Å². The smallest absolute Gasteiger partial charge is 0.348 e. The van der Waals surface area contributed by atoms with E-state index >= 15 is 0 Å². The minimum Gasteiger partial charge on any atom is -0.348 e. The normalized spacial score (nSPS) is 19.4. The molecule has 100 valence electrons. The van der Waals surface area contributed by atoms with Crippen molar-refractivity contribution >= 4 is 5.95 Å². The van der Waals surface area contributed by atoms with Crippen LogP contribution in [0.25, 0.3) is 0 Å². The third-order valence-electron chi connectivity index (χ3n) is 3.25. The fourth-order valence-corrected chi connectivity index (χ4v) is 1.87. The molecule has 1 saturated carbocycles. The lowest BCUT2D eigenvalue weighted by atomic mass is 9.96. The Morgan fingerprint density at radius 3 is 2.61 bits per heavy atom. The summed E-state index contributed by atoms with van der Waals surface area (Å²) in [4.78, 5) is 7.30. The molecule has 1 heterocycles. The summed E-state index contributed by atoms with van der Waals surface area (Å²) in [6.45, 7) is 2.21. The van der Waals surface area contributed by atoms with Crippen LogP contribution in [0.5, 0.6) is 0 Å². The number of hydrogen-bond acceptors (Lipinski definition) is 4. The maximum atomic E-state index is 12.5. The molecule has 1 aromatic heterocycles. The number of nitrogens with one attached hydrogen (secondary N) is 1. The standard InChI is InChI=1S/C11H15F3N4/c1-10(6-15,7-2-3-7)18-9-16-5-4-8(17-9)11(12,13)14/h4-5,7H,2-3,6,15H2,1H3,(H,16,17,18). The molecule has 4 nitrogen and oxygen atoms in total. The fraction of sp³-hybridized carbons (Fsp3) is 0.636. The molecule has 1 atom stereocenters. The molecule has 0 spiro atoms. The minimum absolute atomic E-state index is 0.0234. The highest BCUT2D eigenvalue weighted by atomic mass is 19.4. The summed E-state index contributed by atoms with van der Waals surface area (Å²) in [6.07, 6.45) is -1.31.